The summed E-state index contributed by atoms with van der Waals surface area (Å²) in [7, 11) is 0. The van der Waals surface area contributed by atoms with E-state index in [1.54, 1.807) is 4.90 Å². The van der Waals surface area contributed by atoms with Gasteiger partial charge in [-0.2, -0.15) is 5.48 Å². The molecule has 0 radical (unpaired) electrons. The minimum atomic E-state index is -0.322. The van der Waals surface area contributed by atoms with Gasteiger partial charge in [0, 0.05) is 13.1 Å². The molecule has 1 fully saturated rings. The molecular weight excluding hydrogens is 208 g/mol. The molecule has 94 valence electrons. The van der Waals surface area contributed by atoms with Crippen LogP contribution < -0.4 is 5.48 Å². The highest BCUT2D eigenvalue weighted by Gasteiger charge is 2.23. The molecule has 0 bridgehead atoms. The normalized spacial score (nSPS) is 19.6. The van der Waals surface area contributed by atoms with E-state index >= 15 is 0 Å². The first kappa shape index (κ1) is 13.4. The maximum Gasteiger partial charge on any atom is 0.241 e. The molecule has 1 heterocycles. The van der Waals surface area contributed by atoms with Crippen LogP contribution in [-0.2, 0) is 14.4 Å². The van der Waals surface area contributed by atoms with Crippen molar-refractivity contribution in [3.63, 3.8) is 0 Å². The lowest BCUT2D eigenvalue weighted by Crippen LogP contribution is -2.50. The monoisotopic (exact) mass is 230 g/mol. The van der Waals surface area contributed by atoms with Gasteiger partial charge in [0.2, 0.25) is 5.91 Å². The van der Waals surface area contributed by atoms with Crippen molar-refractivity contribution in [2.75, 3.05) is 26.3 Å². The van der Waals surface area contributed by atoms with E-state index in [2.05, 4.69) is 5.48 Å². The Labute approximate surface area is 97.0 Å². The minimum absolute atomic E-state index is 0.0625. The van der Waals surface area contributed by atoms with Crippen molar-refractivity contribution in [2.45, 2.75) is 39.3 Å². The van der Waals surface area contributed by atoms with Gasteiger partial charge >= 0.3 is 0 Å². The molecule has 1 aliphatic heterocycles. The number of hydrogen-bond acceptors (Lipinski definition) is 4. The Bertz CT molecular complexity index is 232. The summed E-state index contributed by atoms with van der Waals surface area (Å²) in [5.41, 5.74) is 2.50. The van der Waals surface area contributed by atoms with E-state index in [0.29, 0.717) is 26.3 Å². The van der Waals surface area contributed by atoms with Crippen LogP contribution >= 0.6 is 0 Å². The lowest BCUT2D eigenvalue weighted by Gasteiger charge is -2.30. The topological polar surface area (TPSA) is 50.8 Å². The van der Waals surface area contributed by atoms with Gasteiger partial charge in [-0.3, -0.25) is 9.63 Å². The first-order valence-corrected chi connectivity index (χ1v) is 5.70. The summed E-state index contributed by atoms with van der Waals surface area (Å²) in [6.45, 7) is 10.2. The quantitative estimate of drug-likeness (QED) is 0.720. The van der Waals surface area contributed by atoms with Gasteiger partial charge in [0.1, 0.15) is 6.04 Å². The van der Waals surface area contributed by atoms with Gasteiger partial charge in [-0.15, -0.1) is 0 Å². The average molecular weight is 230 g/mol. The number of carbonyl (C=O) groups is 1. The molecule has 16 heavy (non-hydrogen) atoms. The van der Waals surface area contributed by atoms with Gasteiger partial charge in [-0.25, -0.2) is 0 Å². The molecule has 1 unspecified atom stereocenters. The molecule has 1 atom stereocenters. The van der Waals surface area contributed by atoms with E-state index in [-0.39, 0.29) is 17.6 Å². The fourth-order valence-electron chi connectivity index (χ4n) is 1.37. The summed E-state index contributed by atoms with van der Waals surface area (Å²) in [6, 6.07) is -0.322. The molecule has 1 amide bonds. The zero-order valence-corrected chi connectivity index (χ0v) is 10.6. The maximum atomic E-state index is 11.9. The zero-order chi connectivity index (χ0) is 12.2. The van der Waals surface area contributed by atoms with Crippen LogP contribution in [0.1, 0.15) is 27.7 Å². The van der Waals surface area contributed by atoms with Crippen LogP contribution in [0.25, 0.3) is 0 Å². The molecule has 0 aromatic carbocycles. The lowest BCUT2D eigenvalue weighted by molar-refractivity contribution is -0.146. The predicted molar refractivity (Wildman–Crippen MR) is 60.8 cm³/mol. The second-order valence-electron chi connectivity index (χ2n) is 4.99. The molecule has 5 nitrogen and oxygen atoms in total. The molecule has 0 saturated carbocycles. The Morgan fingerprint density at radius 2 is 1.94 bits per heavy atom. The highest BCUT2D eigenvalue weighted by molar-refractivity contribution is 5.81. The van der Waals surface area contributed by atoms with Gasteiger partial charge in [-0.05, 0) is 27.7 Å². The van der Waals surface area contributed by atoms with Crippen LogP contribution in [0, 0.1) is 0 Å². The first-order chi connectivity index (χ1) is 7.40. The number of ether oxygens (including phenoxy) is 1. The van der Waals surface area contributed by atoms with E-state index in [4.69, 9.17) is 9.57 Å². The molecule has 1 aliphatic rings. The summed E-state index contributed by atoms with van der Waals surface area (Å²) < 4.78 is 5.20. The number of carbonyl (C=O) groups excluding carboxylic acids is 1. The van der Waals surface area contributed by atoms with Crippen molar-refractivity contribution >= 4 is 5.91 Å². The summed E-state index contributed by atoms with van der Waals surface area (Å²) in [4.78, 5) is 19.1. The molecule has 0 spiro atoms. The number of nitrogens with one attached hydrogen (secondary N) is 1. The Morgan fingerprint density at radius 1 is 1.38 bits per heavy atom. The van der Waals surface area contributed by atoms with Crippen molar-refractivity contribution < 1.29 is 14.4 Å². The third-order valence-corrected chi connectivity index (χ3v) is 2.24. The fourth-order valence-corrected chi connectivity index (χ4v) is 1.37. The summed E-state index contributed by atoms with van der Waals surface area (Å²) in [6.07, 6.45) is 0. The van der Waals surface area contributed by atoms with E-state index < -0.39 is 0 Å². The number of rotatable bonds is 3. The second kappa shape index (κ2) is 5.61. The van der Waals surface area contributed by atoms with E-state index in [9.17, 15) is 4.79 Å². The molecule has 1 rings (SSSR count). The fraction of sp³-hybridized carbons (Fsp3) is 0.909. The molecule has 1 saturated heterocycles. The first-order valence-electron chi connectivity index (χ1n) is 5.70. The van der Waals surface area contributed by atoms with E-state index in [1.165, 1.54) is 0 Å². The van der Waals surface area contributed by atoms with Crippen LogP contribution in [0.4, 0.5) is 0 Å². The zero-order valence-electron chi connectivity index (χ0n) is 10.6. The number of nitrogens with zero attached hydrogens (tertiary/aromatic N) is 1. The minimum Gasteiger partial charge on any atom is -0.378 e. The van der Waals surface area contributed by atoms with E-state index in [1.807, 2.05) is 27.7 Å². The maximum absolute atomic E-state index is 11.9. The molecular formula is C11H22N2O3. The number of amides is 1. The second-order valence-corrected chi connectivity index (χ2v) is 4.99. The Balaban J connectivity index is 2.34. The molecule has 1 N–H and O–H groups in total. The van der Waals surface area contributed by atoms with Crippen molar-refractivity contribution in [2.24, 2.45) is 0 Å². The molecule has 0 aliphatic carbocycles. The van der Waals surface area contributed by atoms with Crippen LogP contribution in [-0.4, -0.2) is 48.8 Å². The van der Waals surface area contributed by atoms with E-state index in [0.717, 1.165) is 0 Å². The Kier molecular flexibility index (Phi) is 4.70. The summed E-state index contributed by atoms with van der Waals surface area (Å²) in [5.74, 6) is 0.0625. The third kappa shape index (κ3) is 4.47. The van der Waals surface area contributed by atoms with Crippen LogP contribution in [0.5, 0.6) is 0 Å². The Hall–Kier alpha value is -0.650. The number of hydrogen-bond donors (Lipinski definition) is 1. The SMILES string of the molecule is CC(NOC(C)(C)C)C(=O)N1CCOCC1. The predicted octanol–water partition coefficient (Wildman–Crippen LogP) is 0.553. The highest BCUT2D eigenvalue weighted by Crippen LogP contribution is 2.06. The Morgan fingerprint density at radius 3 is 2.44 bits per heavy atom. The van der Waals surface area contributed by atoms with Crippen LogP contribution in [0.15, 0.2) is 0 Å². The van der Waals surface area contributed by atoms with Gasteiger partial charge < -0.3 is 9.64 Å². The highest BCUT2D eigenvalue weighted by atomic mass is 16.7. The average Bonchev–Trinajstić information content (AvgIpc) is 2.25. The van der Waals surface area contributed by atoms with Gasteiger partial charge in [-0.1, -0.05) is 0 Å². The third-order valence-electron chi connectivity index (χ3n) is 2.24. The number of hydroxylamine groups is 1. The van der Waals surface area contributed by atoms with Gasteiger partial charge in [0.05, 0.1) is 18.8 Å². The molecule has 0 aromatic rings. The van der Waals surface area contributed by atoms with Crippen LogP contribution in [0.2, 0.25) is 0 Å². The summed E-state index contributed by atoms with van der Waals surface area (Å²) in [5, 5.41) is 0. The van der Waals surface area contributed by atoms with Crippen molar-refractivity contribution in [3.8, 4) is 0 Å². The lowest BCUT2D eigenvalue weighted by atomic mass is 10.2. The van der Waals surface area contributed by atoms with Crippen molar-refractivity contribution in [1.29, 1.82) is 0 Å². The number of morpholine rings is 1. The standard InChI is InChI=1S/C11H22N2O3/c1-9(12-16-11(2,3)4)10(14)13-5-7-15-8-6-13/h9,12H,5-8H2,1-4H3. The summed E-state index contributed by atoms with van der Waals surface area (Å²) >= 11 is 0. The van der Waals surface area contributed by atoms with Gasteiger partial charge in [0.25, 0.3) is 0 Å². The molecule has 5 heteroatoms. The van der Waals surface area contributed by atoms with Crippen LogP contribution in [0.3, 0.4) is 0 Å². The van der Waals surface area contributed by atoms with Crippen molar-refractivity contribution in [1.82, 2.24) is 10.4 Å². The van der Waals surface area contributed by atoms with Crippen molar-refractivity contribution in [3.05, 3.63) is 0 Å². The largest absolute Gasteiger partial charge is 0.378 e. The smallest absolute Gasteiger partial charge is 0.241 e. The molecule has 0 aromatic heterocycles. The van der Waals surface area contributed by atoms with Gasteiger partial charge in [0.15, 0.2) is 0 Å².